The molecule has 4 aromatic rings. The molecular weight excluding hydrogens is 354 g/mol. The first-order valence-corrected chi connectivity index (χ1v) is 9.60. The Morgan fingerprint density at radius 2 is 2.24 bits per heavy atom. The van der Waals surface area contributed by atoms with Crippen molar-refractivity contribution in [3.63, 3.8) is 0 Å². The molecule has 0 fully saturated rings. The van der Waals surface area contributed by atoms with Crippen molar-refractivity contribution >= 4 is 38.8 Å². The fourth-order valence-corrected chi connectivity index (χ4v) is 4.00. The summed E-state index contributed by atoms with van der Waals surface area (Å²) in [6, 6.07) is 7.56. The van der Waals surface area contributed by atoms with Crippen LogP contribution in [-0.4, -0.2) is 25.9 Å². The molecule has 0 radical (unpaired) electrons. The van der Waals surface area contributed by atoms with E-state index in [9.17, 15) is 4.79 Å². The quantitative estimate of drug-likeness (QED) is 0.585. The van der Waals surface area contributed by atoms with Gasteiger partial charge >= 0.3 is 0 Å². The maximum atomic E-state index is 12.4. The molecule has 3 aromatic heterocycles. The number of fused-ring (bicyclic) bond motifs is 1. The number of nitrogens with one attached hydrogen (secondary N) is 1. The zero-order chi connectivity index (χ0) is 17.2. The van der Waals surface area contributed by atoms with Crippen LogP contribution in [0.25, 0.3) is 15.9 Å². The van der Waals surface area contributed by atoms with Crippen molar-refractivity contribution in [1.29, 1.82) is 0 Å². The van der Waals surface area contributed by atoms with Crippen LogP contribution >= 0.6 is 22.7 Å². The van der Waals surface area contributed by atoms with Gasteiger partial charge in [0.15, 0.2) is 0 Å². The Kier molecular flexibility index (Phi) is 4.29. The summed E-state index contributed by atoms with van der Waals surface area (Å²) in [6.07, 6.45) is 2.73. The molecule has 8 heteroatoms. The van der Waals surface area contributed by atoms with Crippen LogP contribution in [0.15, 0.2) is 41.2 Å². The first-order valence-electron chi connectivity index (χ1n) is 7.84. The van der Waals surface area contributed by atoms with E-state index in [1.807, 2.05) is 35.2 Å². The minimum atomic E-state index is -0.126. The van der Waals surface area contributed by atoms with Gasteiger partial charge < -0.3 is 5.32 Å². The topological polar surface area (TPSA) is 72.7 Å². The molecule has 1 amide bonds. The molecule has 3 heterocycles. The summed E-state index contributed by atoms with van der Waals surface area (Å²) in [6.45, 7) is 2.42. The van der Waals surface area contributed by atoms with E-state index in [2.05, 4.69) is 27.5 Å². The van der Waals surface area contributed by atoms with Crippen LogP contribution in [0, 0.1) is 0 Å². The van der Waals surface area contributed by atoms with Gasteiger partial charge in [-0.05, 0) is 36.1 Å². The monoisotopic (exact) mass is 369 g/mol. The number of benzene rings is 1. The molecule has 0 saturated heterocycles. The van der Waals surface area contributed by atoms with Crippen LogP contribution in [0.4, 0.5) is 0 Å². The molecule has 0 atom stereocenters. The Bertz CT molecular complexity index is 1020. The number of aromatic nitrogens is 4. The second-order valence-electron chi connectivity index (χ2n) is 5.46. The highest BCUT2D eigenvalue weighted by Gasteiger charge is 2.10. The van der Waals surface area contributed by atoms with E-state index in [0.29, 0.717) is 17.8 Å². The van der Waals surface area contributed by atoms with Gasteiger partial charge in [0, 0.05) is 10.9 Å². The van der Waals surface area contributed by atoms with E-state index in [4.69, 9.17) is 0 Å². The van der Waals surface area contributed by atoms with Crippen molar-refractivity contribution in [1.82, 2.24) is 25.3 Å². The molecule has 0 aliphatic carbocycles. The lowest BCUT2D eigenvalue weighted by atomic mass is 10.2. The van der Waals surface area contributed by atoms with Gasteiger partial charge in [0.05, 0.1) is 33.7 Å². The van der Waals surface area contributed by atoms with Crippen molar-refractivity contribution in [3.05, 3.63) is 57.5 Å². The van der Waals surface area contributed by atoms with Crippen LogP contribution in [-0.2, 0) is 13.0 Å². The Balaban J connectivity index is 1.45. The minimum absolute atomic E-state index is 0.126. The highest BCUT2D eigenvalue weighted by Crippen LogP contribution is 2.23. The molecule has 126 valence electrons. The van der Waals surface area contributed by atoms with E-state index < -0.39 is 0 Å². The van der Waals surface area contributed by atoms with Gasteiger partial charge in [-0.3, -0.25) is 4.79 Å². The van der Waals surface area contributed by atoms with Crippen LogP contribution in [0.2, 0.25) is 0 Å². The van der Waals surface area contributed by atoms with Gasteiger partial charge in [-0.2, -0.15) is 11.3 Å². The molecular formula is C17H15N5OS2. The molecule has 0 saturated carbocycles. The largest absolute Gasteiger partial charge is 0.346 e. The summed E-state index contributed by atoms with van der Waals surface area (Å²) in [5, 5.41) is 16.1. The van der Waals surface area contributed by atoms with Gasteiger partial charge in [0.1, 0.15) is 5.69 Å². The molecule has 0 unspecified atom stereocenters. The normalized spacial score (nSPS) is 11.1. The fourth-order valence-electron chi connectivity index (χ4n) is 2.43. The van der Waals surface area contributed by atoms with E-state index >= 15 is 0 Å². The standard InChI is InChI=1S/C17H15N5OS2/c1-2-16-19-14-4-3-11(7-15(14)25-16)17(23)18-8-12-9-22(21-20-12)13-5-6-24-10-13/h3-7,9-10H,2,8H2,1H3,(H,18,23). The lowest BCUT2D eigenvalue weighted by Crippen LogP contribution is -2.22. The van der Waals surface area contributed by atoms with Crippen LogP contribution in [0.1, 0.15) is 28.0 Å². The number of thiophene rings is 1. The molecule has 0 bridgehead atoms. The average Bonchev–Trinajstić information content (AvgIpc) is 3.38. The predicted molar refractivity (Wildman–Crippen MR) is 99.4 cm³/mol. The lowest BCUT2D eigenvalue weighted by Gasteiger charge is -2.02. The summed E-state index contributed by atoms with van der Waals surface area (Å²) in [5.74, 6) is -0.126. The van der Waals surface area contributed by atoms with Crippen LogP contribution < -0.4 is 5.32 Å². The zero-order valence-corrected chi connectivity index (χ0v) is 15.1. The third kappa shape index (κ3) is 3.31. The number of rotatable bonds is 5. The number of thiazole rings is 1. The number of amides is 1. The van der Waals surface area contributed by atoms with E-state index in [1.54, 1.807) is 33.4 Å². The Labute approximate surface area is 152 Å². The molecule has 0 aliphatic heterocycles. The fraction of sp³-hybridized carbons (Fsp3) is 0.176. The summed E-state index contributed by atoms with van der Waals surface area (Å²) in [4.78, 5) is 16.9. The number of carbonyl (C=O) groups excluding carboxylic acids is 1. The third-order valence-electron chi connectivity index (χ3n) is 3.74. The molecule has 25 heavy (non-hydrogen) atoms. The summed E-state index contributed by atoms with van der Waals surface area (Å²) >= 11 is 3.23. The molecule has 0 spiro atoms. The molecule has 0 aliphatic rings. The third-order valence-corrected chi connectivity index (χ3v) is 5.57. The summed E-state index contributed by atoms with van der Waals surface area (Å²) in [7, 11) is 0. The first-order chi connectivity index (χ1) is 12.2. The second-order valence-corrected chi connectivity index (χ2v) is 7.36. The van der Waals surface area contributed by atoms with Gasteiger partial charge in [-0.1, -0.05) is 12.1 Å². The van der Waals surface area contributed by atoms with Crippen molar-refractivity contribution in [3.8, 4) is 5.69 Å². The van der Waals surface area contributed by atoms with Crippen LogP contribution in [0.5, 0.6) is 0 Å². The zero-order valence-electron chi connectivity index (χ0n) is 13.5. The number of hydrogen-bond donors (Lipinski definition) is 1. The van der Waals surface area contributed by atoms with E-state index in [1.165, 1.54) is 0 Å². The number of nitrogens with zero attached hydrogens (tertiary/aromatic N) is 4. The molecule has 1 aromatic carbocycles. The Hall–Kier alpha value is -2.58. The van der Waals surface area contributed by atoms with Crippen molar-refractivity contribution in [2.45, 2.75) is 19.9 Å². The van der Waals surface area contributed by atoms with Gasteiger partial charge in [0.2, 0.25) is 0 Å². The average molecular weight is 369 g/mol. The van der Waals surface area contributed by atoms with Crippen molar-refractivity contribution < 1.29 is 4.79 Å². The van der Waals surface area contributed by atoms with E-state index in [0.717, 1.165) is 27.3 Å². The second kappa shape index (κ2) is 6.73. The predicted octanol–water partition coefficient (Wildman–Crippen LogP) is 3.43. The first kappa shape index (κ1) is 15.9. The number of aryl methyl sites for hydroxylation is 1. The van der Waals surface area contributed by atoms with E-state index in [-0.39, 0.29) is 5.91 Å². The number of carbonyl (C=O) groups is 1. The highest BCUT2D eigenvalue weighted by atomic mass is 32.1. The van der Waals surface area contributed by atoms with Crippen molar-refractivity contribution in [2.24, 2.45) is 0 Å². The summed E-state index contributed by atoms with van der Waals surface area (Å²) in [5.41, 5.74) is 3.25. The molecule has 1 N–H and O–H groups in total. The highest BCUT2D eigenvalue weighted by molar-refractivity contribution is 7.18. The maximum absolute atomic E-state index is 12.4. The Morgan fingerprint density at radius 3 is 3.04 bits per heavy atom. The lowest BCUT2D eigenvalue weighted by molar-refractivity contribution is 0.0950. The van der Waals surface area contributed by atoms with Gasteiger partial charge in [0.25, 0.3) is 5.91 Å². The molecule has 6 nitrogen and oxygen atoms in total. The minimum Gasteiger partial charge on any atom is -0.346 e. The molecule has 4 rings (SSSR count). The summed E-state index contributed by atoms with van der Waals surface area (Å²) < 4.78 is 2.74. The SMILES string of the molecule is CCc1nc2ccc(C(=O)NCc3cn(-c4ccsc4)nn3)cc2s1. The Morgan fingerprint density at radius 1 is 1.32 bits per heavy atom. The van der Waals surface area contributed by atoms with Crippen molar-refractivity contribution in [2.75, 3.05) is 0 Å². The number of hydrogen-bond acceptors (Lipinski definition) is 6. The maximum Gasteiger partial charge on any atom is 0.251 e. The van der Waals surface area contributed by atoms with Crippen LogP contribution in [0.3, 0.4) is 0 Å². The van der Waals surface area contributed by atoms with Gasteiger partial charge in [-0.15, -0.1) is 16.4 Å². The smallest absolute Gasteiger partial charge is 0.251 e. The van der Waals surface area contributed by atoms with Gasteiger partial charge in [-0.25, -0.2) is 9.67 Å².